The molecule has 0 unspecified atom stereocenters. The molecule has 0 aliphatic carbocycles. The molecule has 2 aromatic carbocycles. The molecule has 0 saturated heterocycles. The van der Waals surface area contributed by atoms with E-state index in [2.05, 4.69) is 15.3 Å². The zero-order valence-electron chi connectivity index (χ0n) is 12.8. The van der Waals surface area contributed by atoms with Crippen molar-refractivity contribution in [1.29, 1.82) is 0 Å². The van der Waals surface area contributed by atoms with Gasteiger partial charge in [0.05, 0.1) is 23.4 Å². The molecule has 1 heterocycles. The SMILES string of the molecule is COc1ccccc1Nc1cc(-c2ccc([N+](=O)[O-])cc2)ncn1. The van der Waals surface area contributed by atoms with Crippen LogP contribution in [0.2, 0.25) is 0 Å². The zero-order chi connectivity index (χ0) is 16.9. The number of nitro groups is 1. The Kier molecular flexibility index (Phi) is 4.33. The first-order chi connectivity index (χ1) is 11.7. The van der Waals surface area contributed by atoms with Crippen molar-refractivity contribution in [2.75, 3.05) is 12.4 Å². The van der Waals surface area contributed by atoms with Gasteiger partial charge in [0.1, 0.15) is 17.9 Å². The number of nitrogens with one attached hydrogen (secondary N) is 1. The van der Waals surface area contributed by atoms with Crippen molar-refractivity contribution < 1.29 is 9.66 Å². The van der Waals surface area contributed by atoms with E-state index in [1.807, 2.05) is 24.3 Å². The minimum absolute atomic E-state index is 0.0418. The average molecular weight is 322 g/mol. The van der Waals surface area contributed by atoms with Gasteiger partial charge in [0.15, 0.2) is 0 Å². The predicted molar refractivity (Wildman–Crippen MR) is 90.4 cm³/mol. The maximum atomic E-state index is 10.7. The van der Waals surface area contributed by atoms with Gasteiger partial charge in [-0.1, -0.05) is 12.1 Å². The molecule has 1 aromatic heterocycles. The standard InChI is InChI=1S/C17H14N4O3/c1-24-16-5-3-2-4-14(16)20-17-10-15(18-11-19-17)12-6-8-13(9-7-12)21(22)23/h2-11H,1H3,(H,18,19,20). The number of non-ortho nitro benzene ring substituents is 1. The number of methoxy groups -OCH3 is 1. The van der Waals surface area contributed by atoms with Gasteiger partial charge in [-0.2, -0.15) is 0 Å². The van der Waals surface area contributed by atoms with Crippen LogP contribution in [0.25, 0.3) is 11.3 Å². The molecule has 120 valence electrons. The van der Waals surface area contributed by atoms with Crippen molar-refractivity contribution in [3.63, 3.8) is 0 Å². The number of hydrogen-bond donors (Lipinski definition) is 1. The highest BCUT2D eigenvalue weighted by molar-refractivity contribution is 5.68. The molecule has 3 aromatic rings. The van der Waals surface area contributed by atoms with Gasteiger partial charge in [0.2, 0.25) is 0 Å². The van der Waals surface area contributed by atoms with E-state index in [4.69, 9.17) is 4.74 Å². The third-order valence-corrected chi connectivity index (χ3v) is 3.41. The number of para-hydroxylation sites is 2. The van der Waals surface area contributed by atoms with Crippen molar-refractivity contribution in [1.82, 2.24) is 9.97 Å². The van der Waals surface area contributed by atoms with Gasteiger partial charge >= 0.3 is 0 Å². The molecule has 0 bridgehead atoms. The minimum Gasteiger partial charge on any atom is -0.495 e. The van der Waals surface area contributed by atoms with Crippen molar-refractivity contribution in [3.8, 4) is 17.0 Å². The summed E-state index contributed by atoms with van der Waals surface area (Å²) in [5.74, 6) is 1.30. The van der Waals surface area contributed by atoms with E-state index in [1.165, 1.54) is 18.5 Å². The highest BCUT2D eigenvalue weighted by Crippen LogP contribution is 2.28. The molecule has 0 aliphatic heterocycles. The minimum atomic E-state index is -0.432. The maximum Gasteiger partial charge on any atom is 0.269 e. The molecule has 7 nitrogen and oxygen atoms in total. The highest BCUT2D eigenvalue weighted by Gasteiger charge is 2.08. The van der Waals surface area contributed by atoms with Crippen LogP contribution in [-0.2, 0) is 0 Å². The first kappa shape index (κ1) is 15.4. The van der Waals surface area contributed by atoms with Crippen molar-refractivity contribution >= 4 is 17.2 Å². The van der Waals surface area contributed by atoms with Crippen LogP contribution in [0.4, 0.5) is 17.2 Å². The highest BCUT2D eigenvalue weighted by atomic mass is 16.6. The summed E-state index contributed by atoms with van der Waals surface area (Å²) in [6.45, 7) is 0. The van der Waals surface area contributed by atoms with E-state index < -0.39 is 4.92 Å². The molecule has 7 heteroatoms. The van der Waals surface area contributed by atoms with Crippen molar-refractivity contribution in [2.24, 2.45) is 0 Å². The Bertz CT molecular complexity index is 866. The van der Waals surface area contributed by atoms with Gasteiger partial charge < -0.3 is 10.1 Å². The van der Waals surface area contributed by atoms with Gasteiger partial charge in [-0.05, 0) is 24.3 Å². The van der Waals surface area contributed by atoms with Crippen LogP contribution >= 0.6 is 0 Å². The second-order valence-electron chi connectivity index (χ2n) is 4.92. The fraction of sp³-hybridized carbons (Fsp3) is 0.0588. The quantitative estimate of drug-likeness (QED) is 0.567. The lowest BCUT2D eigenvalue weighted by molar-refractivity contribution is -0.384. The molecule has 0 aliphatic rings. The number of anilines is 2. The lowest BCUT2D eigenvalue weighted by Gasteiger charge is -2.10. The Morgan fingerprint density at radius 3 is 2.54 bits per heavy atom. The number of rotatable bonds is 5. The van der Waals surface area contributed by atoms with Crippen LogP contribution in [0.3, 0.4) is 0 Å². The lowest BCUT2D eigenvalue weighted by atomic mass is 10.1. The fourth-order valence-electron chi connectivity index (χ4n) is 2.22. The van der Waals surface area contributed by atoms with E-state index in [1.54, 1.807) is 25.3 Å². The average Bonchev–Trinajstić information content (AvgIpc) is 2.62. The third kappa shape index (κ3) is 3.30. The van der Waals surface area contributed by atoms with Gasteiger partial charge in [-0.3, -0.25) is 10.1 Å². The first-order valence-electron chi connectivity index (χ1n) is 7.14. The van der Waals surface area contributed by atoms with Crippen LogP contribution in [0, 0.1) is 10.1 Å². The van der Waals surface area contributed by atoms with Gasteiger partial charge in [-0.25, -0.2) is 9.97 Å². The Morgan fingerprint density at radius 1 is 1.08 bits per heavy atom. The number of benzene rings is 2. The van der Waals surface area contributed by atoms with Crippen molar-refractivity contribution in [2.45, 2.75) is 0 Å². The summed E-state index contributed by atoms with van der Waals surface area (Å²) in [7, 11) is 1.60. The molecule has 1 N–H and O–H groups in total. The molecule has 0 fully saturated rings. The summed E-state index contributed by atoms with van der Waals surface area (Å²) >= 11 is 0. The van der Waals surface area contributed by atoms with Crippen LogP contribution < -0.4 is 10.1 Å². The molecule has 0 amide bonds. The monoisotopic (exact) mass is 322 g/mol. The predicted octanol–water partition coefficient (Wildman–Crippen LogP) is 3.80. The summed E-state index contributed by atoms with van der Waals surface area (Å²) < 4.78 is 5.30. The van der Waals surface area contributed by atoms with E-state index in [9.17, 15) is 10.1 Å². The van der Waals surface area contributed by atoms with Crippen LogP contribution in [-0.4, -0.2) is 22.0 Å². The molecular weight excluding hydrogens is 308 g/mol. The molecule has 0 saturated carbocycles. The normalized spacial score (nSPS) is 10.2. The Labute approximate surface area is 138 Å². The van der Waals surface area contributed by atoms with E-state index >= 15 is 0 Å². The van der Waals surface area contributed by atoms with Crippen LogP contribution in [0.15, 0.2) is 60.9 Å². The number of ether oxygens (including phenoxy) is 1. The van der Waals surface area contributed by atoms with Gasteiger partial charge in [0, 0.05) is 23.8 Å². The second-order valence-corrected chi connectivity index (χ2v) is 4.92. The number of nitrogens with zero attached hydrogens (tertiary/aromatic N) is 3. The van der Waals surface area contributed by atoms with Crippen LogP contribution in [0.5, 0.6) is 5.75 Å². The first-order valence-corrected chi connectivity index (χ1v) is 7.14. The number of nitro benzene ring substituents is 1. The Hall–Kier alpha value is -3.48. The lowest BCUT2D eigenvalue weighted by Crippen LogP contribution is -1.97. The molecular formula is C17H14N4O3. The second kappa shape index (κ2) is 6.74. The van der Waals surface area contributed by atoms with Crippen molar-refractivity contribution in [3.05, 3.63) is 71.0 Å². The van der Waals surface area contributed by atoms with E-state index in [0.29, 0.717) is 17.3 Å². The van der Waals surface area contributed by atoms with E-state index in [0.717, 1.165) is 11.3 Å². The molecule has 24 heavy (non-hydrogen) atoms. The topological polar surface area (TPSA) is 90.2 Å². The van der Waals surface area contributed by atoms with Gasteiger partial charge in [-0.15, -0.1) is 0 Å². The largest absolute Gasteiger partial charge is 0.495 e. The molecule has 0 spiro atoms. The Morgan fingerprint density at radius 2 is 1.83 bits per heavy atom. The summed E-state index contributed by atoms with van der Waals surface area (Å²) in [5, 5.41) is 13.9. The number of hydrogen-bond acceptors (Lipinski definition) is 6. The molecule has 0 radical (unpaired) electrons. The summed E-state index contributed by atoms with van der Waals surface area (Å²) in [5.41, 5.74) is 2.26. The summed E-state index contributed by atoms with van der Waals surface area (Å²) in [4.78, 5) is 18.7. The third-order valence-electron chi connectivity index (χ3n) is 3.41. The smallest absolute Gasteiger partial charge is 0.269 e. The summed E-state index contributed by atoms with van der Waals surface area (Å²) in [6, 6.07) is 15.5. The zero-order valence-corrected chi connectivity index (χ0v) is 12.8. The fourth-order valence-corrected chi connectivity index (χ4v) is 2.22. The van der Waals surface area contributed by atoms with Gasteiger partial charge in [0.25, 0.3) is 5.69 Å². The Balaban J connectivity index is 1.87. The molecule has 3 rings (SSSR count). The maximum absolute atomic E-state index is 10.7. The summed E-state index contributed by atoms with van der Waals surface area (Å²) in [6.07, 6.45) is 1.44. The molecule has 0 atom stereocenters. The van der Waals surface area contributed by atoms with Crippen LogP contribution in [0.1, 0.15) is 0 Å². The number of aromatic nitrogens is 2. The van der Waals surface area contributed by atoms with E-state index in [-0.39, 0.29) is 5.69 Å².